The molecule has 1 aliphatic rings. The van der Waals surface area contributed by atoms with Crippen molar-refractivity contribution in [1.82, 2.24) is 10.3 Å². The van der Waals surface area contributed by atoms with Gasteiger partial charge in [-0.3, -0.25) is 4.98 Å². The van der Waals surface area contributed by atoms with Gasteiger partial charge in [0, 0.05) is 24.5 Å². The molecule has 0 radical (unpaired) electrons. The monoisotopic (exact) mass is 218 g/mol. The summed E-state index contributed by atoms with van der Waals surface area (Å²) in [5.74, 6) is 0.896. The average molecular weight is 218 g/mol. The molecule has 0 bridgehead atoms. The molecule has 0 spiro atoms. The lowest BCUT2D eigenvalue weighted by Gasteiger charge is -2.22. The Labute approximate surface area is 98.5 Å². The van der Waals surface area contributed by atoms with Gasteiger partial charge in [0.1, 0.15) is 0 Å². The molecule has 16 heavy (non-hydrogen) atoms. The molecule has 1 N–H and O–H groups in total. The Morgan fingerprint density at radius 2 is 2.12 bits per heavy atom. The van der Waals surface area contributed by atoms with Crippen LogP contribution in [0.15, 0.2) is 24.5 Å². The van der Waals surface area contributed by atoms with Crippen molar-refractivity contribution in [3.05, 3.63) is 30.1 Å². The molecular weight excluding hydrogens is 196 g/mol. The molecule has 3 unspecified atom stereocenters. The average Bonchev–Trinajstić information content (AvgIpc) is 2.73. The highest BCUT2D eigenvalue weighted by Crippen LogP contribution is 2.27. The molecule has 2 nitrogen and oxygen atoms in total. The molecule has 0 aliphatic heterocycles. The van der Waals surface area contributed by atoms with Crippen molar-refractivity contribution >= 4 is 0 Å². The number of hydrogen-bond acceptors (Lipinski definition) is 2. The lowest BCUT2D eigenvalue weighted by Crippen LogP contribution is -2.30. The van der Waals surface area contributed by atoms with Crippen LogP contribution in [0.4, 0.5) is 0 Å². The molecule has 1 aromatic heterocycles. The van der Waals surface area contributed by atoms with Gasteiger partial charge in [0.15, 0.2) is 0 Å². The zero-order chi connectivity index (χ0) is 11.4. The molecule has 0 saturated heterocycles. The van der Waals surface area contributed by atoms with Crippen molar-refractivity contribution < 1.29 is 0 Å². The fourth-order valence-electron chi connectivity index (χ4n) is 2.69. The van der Waals surface area contributed by atoms with Crippen LogP contribution in [0.25, 0.3) is 0 Å². The van der Waals surface area contributed by atoms with E-state index in [1.165, 1.54) is 24.8 Å². The second-order valence-electron chi connectivity index (χ2n) is 5.02. The van der Waals surface area contributed by atoms with Crippen LogP contribution in [-0.2, 0) is 0 Å². The minimum atomic E-state index is 0.498. The summed E-state index contributed by atoms with van der Waals surface area (Å²) in [5, 5.41) is 3.78. The predicted octanol–water partition coefficient (Wildman–Crippen LogP) is 3.31. The van der Waals surface area contributed by atoms with Crippen molar-refractivity contribution in [2.24, 2.45) is 5.92 Å². The summed E-state index contributed by atoms with van der Waals surface area (Å²) in [6, 6.07) is 5.46. The van der Waals surface area contributed by atoms with E-state index in [-0.39, 0.29) is 0 Å². The zero-order valence-corrected chi connectivity index (χ0v) is 10.3. The largest absolute Gasteiger partial charge is 0.307 e. The summed E-state index contributed by atoms with van der Waals surface area (Å²) in [5.41, 5.74) is 1.37. The van der Waals surface area contributed by atoms with E-state index >= 15 is 0 Å². The van der Waals surface area contributed by atoms with Crippen molar-refractivity contribution in [3.8, 4) is 0 Å². The first-order chi connectivity index (χ1) is 7.79. The van der Waals surface area contributed by atoms with E-state index in [0.717, 1.165) is 12.3 Å². The van der Waals surface area contributed by atoms with Crippen LogP contribution in [-0.4, -0.2) is 11.0 Å². The first-order valence-corrected chi connectivity index (χ1v) is 6.45. The standard InChI is InChI=1S/C14H22N2/c1-3-14(12-6-8-15-9-7-12)16-13-5-4-11(2)10-13/h6-9,11,13-14,16H,3-5,10H2,1-2H3. The SMILES string of the molecule is CCC(NC1CCC(C)C1)c1ccncc1. The molecular formula is C14H22N2. The van der Waals surface area contributed by atoms with Gasteiger partial charge in [-0.05, 0) is 49.3 Å². The molecule has 1 fully saturated rings. The van der Waals surface area contributed by atoms with Gasteiger partial charge in [0.2, 0.25) is 0 Å². The topological polar surface area (TPSA) is 24.9 Å². The Morgan fingerprint density at radius 3 is 2.69 bits per heavy atom. The lowest BCUT2D eigenvalue weighted by molar-refractivity contribution is 0.421. The van der Waals surface area contributed by atoms with Crippen molar-refractivity contribution in [2.45, 2.75) is 51.6 Å². The molecule has 1 aromatic rings. The molecule has 88 valence electrons. The lowest BCUT2D eigenvalue weighted by atomic mass is 10.0. The van der Waals surface area contributed by atoms with Crippen LogP contribution < -0.4 is 5.32 Å². The number of nitrogens with zero attached hydrogens (tertiary/aromatic N) is 1. The van der Waals surface area contributed by atoms with Gasteiger partial charge >= 0.3 is 0 Å². The highest BCUT2D eigenvalue weighted by Gasteiger charge is 2.23. The second-order valence-corrected chi connectivity index (χ2v) is 5.02. The molecule has 1 heterocycles. The Hall–Kier alpha value is -0.890. The van der Waals surface area contributed by atoms with Gasteiger partial charge in [0.25, 0.3) is 0 Å². The van der Waals surface area contributed by atoms with E-state index in [4.69, 9.17) is 0 Å². The molecule has 0 amide bonds. The van der Waals surface area contributed by atoms with Crippen LogP contribution in [0, 0.1) is 5.92 Å². The quantitative estimate of drug-likeness (QED) is 0.838. The number of aromatic nitrogens is 1. The highest BCUT2D eigenvalue weighted by molar-refractivity contribution is 5.15. The third-order valence-corrected chi connectivity index (χ3v) is 3.65. The third-order valence-electron chi connectivity index (χ3n) is 3.65. The Kier molecular flexibility index (Phi) is 3.94. The molecule has 3 atom stereocenters. The summed E-state index contributed by atoms with van der Waals surface area (Å²) >= 11 is 0. The van der Waals surface area contributed by atoms with Crippen LogP contribution >= 0.6 is 0 Å². The summed E-state index contributed by atoms with van der Waals surface area (Å²) in [6.07, 6.45) is 8.97. The first-order valence-electron chi connectivity index (χ1n) is 6.45. The third kappa shape index (κ3) is 2.82. The smallest absolute Gasteiger partial charge is 0.0321 e. The van der Waals surface area contributed by atoms with E-state index in [1.54, 1.807) is 0 Å². The van der Waals surface area contributed by atoms with E-state index < -0.39 is 0 Å². The van der Waals surface area contributed by atoms with Gasteiger partial charge in [0.05, 0.1) is 0 Å². The number of hydrogen-bond donors (Lipinski definition) is 1. The Bertz CT molecular complexity index is 310. The maximum absolute atomic E-state index is 4.08. The Balaban J connectivity index is 1.96. The molecule has 1 saturated carbocycles. The van der Waals surface area contributed by atoms with Gasteiger partial charge in [-0.15, -0.1) is 0 Å². The van der Waals surface area contributed by atoms with Crippen molar-refractivity contribution in [2.75, 3.05) is 0 Å². The maximum Gasteiger partial charge on any atom is 0.0321 e. The van der Waals surface area contributed by atoms with E-state index in [2.05, 4.69) is 36.3 Å². The fraction of sp³-hybridized carbons (Fsp3) is 0.643. The van der Waals surface area contributed by atoms with E-state index in [0.29, 0.717) is 12.1 Å². The van der Waals surface area contributed by atoms with Crippen molar-refractivity contribution in [3.63, 3.8) is 0 Å². The van der Waals surface area contributed by atoms with E-state index in [9.17, 15) is 0 Å². The fourth-order valence-corrected chi connectivity index (χ4v) is 2.69. The summed E-state index contributed by atoms with van der Waals surface area (Å²) in [4.78, 5) is 4.08. The van der Waals surface area contributed by atoms with Gasteiger partial charge in [-0.25, -0.2) is 0 Å². The second kappa shape index (κ2) is 5.44. The van der Waals surface area contributed by atoms with Crippen LogP contribution in [0.2, 0.25) is 0 Å². The molecule has 2 rings (SSSR count). The summed E-state index contributed by atoms with van der Waals surface area (Å²) < 4.78 is 0. The maximum atomic E-state index is 4.08. The minimum Gasteiger partial charge on any atom is -0.307 e. The minimum absolute atomic E-state index is 0.498. The number of pyridine rings is 1. The van der Waals surface area contributed by atoms with Gasteiger partial charge in [-0.2, -0.15) is 0 Å². The van der Waals surface area contributed by atoms with Crippen LogP contribution in [0.5, 0.6) is 0 Å². The van der Waals surface area contributed by atoms with Crippen LogP contribution in [0.3, 0.4) is 0 Å². The number of rotatable bonds is 4. The zero-order valence-electron chi connectivity index (χ0n) is 10.3. The summed E-state index contributed by atoms with van der Waals surface area (Å²) in [7, 11) is 0. The van der Waals surface area contributed by atoms with Crippen LogP contribution in [0.1, 0.15) is 51.1 Å². The highest BCUT2D eigenvalue weighted by atomic mass is 15.0. The molecule has 2 heteroatoms. The number of nitrogens with one attached hydrogen (secondary N) is 1. The summed E-state index contributed by atoms with van der Waals surface area (Å²) in [6.45, 7) is 4.60. The Morgan fingerprint density at radius 1 is 1.38 bits per heavy atom. The van der Waals surface area contributed by atoms with E-state index in [1.807, 2.05) is 12.4 Å². The normalized spacial score (nSPS) is 26.9. The van der Waals surface area contributed by atoms with Crippen molar-refractivity contribution in [1.29, 1.82) is 0 Å². The van der Waals surface area contributed by atoms with Gasteiger partial charge in [-0.1, -0.05) is 13.8 Å². The van der Waals surface area contributed by atoms with Gasteiger partial charge < -0.3 is 5.32 Å². The molecule has 0 aromatic carbocycles. The molecule has 1 aliphatic carbocycles. The first kappa shape index (κ1) is 11.6. The predicted molar refractivity (Wildman–Crippen MR) is 67.2 cm³/mol.